The van der Waals surface area contributed by atoms with E-state index in [1.54, 1.807) is 17.3 Å². The van der Waals surface area contributed by atoms with Gasteiger partial charge in [-0.15, -0.1) is 23.0 Å². The van der Waals surface area contributed by atoms with Crippen molar-refractivity contribution in [2.75, 3.05) is 5.12 Å². The van der Waals surface area contributed by atoms with Gasteiger partial charge in [-0.25, -0.2) is 0 Å². The Bertz CT molecular complexity index is 721. The van der Waals surface area contributed by atoms with Crippen LogP contribution in [0.5, 0.6) is 0 Å². The number of nitro benzene ring substituents is 1. The summed E-state index contributed by atoms with van der Waals surface area (Å²) in [4.78, 5) is 10.2. The van der Waals surface area contributed by atoms with Gasteiger partial charge in [-0.05, 0) is 52.4 Å². The van der Waals surface area contributed by atoms with Crippen LogP contribution >= 0.6 is 35.0 Å². The monoisotopic (exact) mass is 445 g/mol. The Morgan fingerprint density at radius 2 is 1.78 bits per heavy atom. The van der Waals surface area contributed by atoms with Gasteiger partial charge in [-0.3, -0.25) is 15.5 Å². The third-order valence-electron chi connectivity index (χ3n) is 3.12. The molecule has 1 heterocycles. The summed E-state index contributed by atoms with van der Waals surface area (Å²) in [6.45, 7) is 0. The molecule has 0 saturated carbocycles. The minimum Gasteiger partial charge on any atom is -0.288 e. The fourth-order valence-corrected chi connectivity index (χ4v) is 2.36. The van der Waals surface area contributed by atoms with Crippen molar-refractivity contribution in [2.24, 2.45) is 5.10 Å². The van der Waals surface area contributed by atoms with Crippen molar-refractivity contribution in [1.82, 2.24) is 11.0 Å². The van der Waals surface area contributed by atoms with Gasteiger partial charge in [-0.2, -0.15) is 5.12 Å². The summed E-state index contributed by atoms with van der Waals surface area (Å²) in [5, 5.41) is 16.7. The highest BCUT2D eigenvalue weighted by molar-refractivity contribution is 14.1. The molecular weight excluding hydrogens is 433 g/mol. The third kappa shape index (κ3) is 4.30. The molecule has 0 amide bonds. The number of benzene rings is 2. The number of anilines is 1. The van der Waals surface area contributed by atoms with Gasteiger partial charge in [-0.1, -0.05) is 12.1 Å². The molecule has 0 fully saturated rings. The minimum atomic E-state index is -0.408. The standard InChI is InChI=1S/C14H12IN5O2.ClH/c15-11-3-7-12(8-4-11)19-17-14(16-18-19)9-10-1-5-13(6-2-10)20(21)22;/h1-8,18H,9H2,(H,16,17);1H. The van der Waals surface area contributed by atoms with E-state index in [1.807, 2.05) is 24.3 Å². The molecule has 3 rings (SSSR count). The lowest BCUT2D eigenvalue weighted by atomic mass is 10.1. The summed E-state index contributed by atoms with van der Waals surface area (Å²) in [7, 11) is 0. The van der Waals surface area contributed by atoms with Crippen molar-refractivity contribution >= 4 is 52.2 Å². The van der Waals surface area contributed by atoms with Crippen LogP contribution in [0.1, 0.15) is 5.56 Å². The van der Waals surface area contributed by atoms with Crippen LogP contribution < -0.4 is 16.1 Å². The second-order valence-corrected chi connectivity index (χ2v) is 5.92. The lowest BCUT2D eigenvalue weighted by Gasteiger charge is -2.12. The van der Waals surface area contributed by atoms with E-state index in [0.29, 0.717) is 6.42 Å². The number of rotatable bonds is 4. The highest BCUT2D eigenvalue weighted by Gasteiger charge is 2.15. The number of nitro groups is 1. The first-order chi connectivity index (χ1) is 10.6. The number of nitrogens with zero attached hydrogens (tertiary/aromatic N) is 3. The molecule has 23 heavy (non-hydrogen) atoms. The first-order valence-electron chi connectivity index (χ1n) is 6.50. The third-order valence-corrected chi connectivity index (χ3v) is 3.84. The number of hydrogen-bond donors (Lipinski definition) is 2. The molecule has 1 aliphatic rings. The van der Waals surface area contributed by atoms with Gasteiger partial charge in [0, 0.05) is 22.1 Å². The van der Waals surface area contributed by atoms with Crippen molar-refractivity contribution in [3.63, 3.8) is 0 Å². The summed E-state index contributed by atoms with van der Waals surface area (Å²) in [5.41, 5.74) is 7.91. The SMILES string of the molecule is Cl.O=[N+]([O-])c1ccc(CC2=NN(c3ccc(I)cc3)NN2)cc1. The Morgan fingerprint density at radius 1 is 1.13 bits per heavy atom. The molecule has 0 spiro atoms. The number of halogens is 2. The van der Waals surface area contributed by atoms with E-state index in [1.165, 1.54) is 12.1 Å². The summed E-state index contributed by atoms with van der Waals surface area (Å²) >= 11 is 2.25. The van der Waals surface area contributed by atoms with Gasteiger partial charge in [0.25, 0.3) is 5.69 Å². The van der Waals surface area contributed by atoms with E-state index in [-0.39, 0.29) is 18.1 Å². The predicted molar refractivity (Wildman–Crippen MR) is 99.4 cm³/mol. The fraction of sp³-hybridized carbons (Fsp3) is 0.0714. The van der Waals surface area contributed by atoms with E-state index in [0.717, 1.165) is 20.7 Å². The van der Waals surface area contributed by atoms with Crippen molar-refractivity contribution in [1.29, 1.82) is 0 Å². The number of hydrogen-bond acceptors (Lipinski definition) is 6. The molecule has 0 aromatic heterocycles. The molecule has 0 unspecified atom stereocenters. The molecular formula is C14H13ClIN5O2. The van der Waals surface area contributed by atoms with Crippen LogP contribution in [0.3, 0.4) is 0 Å². The summed E-state index contributed by atoms with van der Waals surface area (Å²) in [5.74, 6) is 0.743. The Labute approximate surface area is 152 Å². The maximum absolute atomic E-state index is 10.6. The van der Waals surface area contributed by atoms with Crippen LogP contribution in [0.15, 0.2) is 53.6 Å². The van der Waals surface area contributed by atoms with E-state index in [2.05, 4.69) is 38.7 Å². The van der Waals surface area contributed by atoms with Crippen molar-refractivity contribution in [2.45, 2.75) is 6.42 Å². The van der Waals surface area contributed by atoms with Crippen LogP contribution in [0.2, 0.25) is 0 Å². The molecule has 1 aliphatic heterocycles. The number of non-ortho nitro benzene ring substituents is 1. The average Bonchev–Trinajstić information content (AvgIpc) is 2.97. The zero-order chi connectivity index (χ0) is 15.5. The quantitative estimate of drug-likeness (QED) is 0.429. The van der Waals surface area contributed by atoms with E-state index in [4.69, 9.17) is 0 Å². The van der Waals surface area contributed by atoms with E-state index >= 15 is 0 Å². The van der Waals surface area contributed by atoms with Crippen molar-refractivity contribution < 1.29 is 4.92 Å². The predicted octanol–water partition coefficient (Wildman–Crippen LogP) is 3.01. The molecule has 7 nitrogen and oxygen atoms in total. The summed E-state index contributed by atoms with van der Waals surface area (Å²) in [6, 6.07) is 14.4. The van der Waals surface area contributed by atoms with E-state index < -0.39 is 4.92 Å². The molecule has 0 bridgehead atoms. The molecule has 2 aromatic carbocycles. The lowest BCUT2D eigenvalue weighted by Crippen LogP contribution is -2.38. The Kier molecular flexibility index (Phi) is 5.74. The topological polar surface area (TPSA) is 82.8 Å². The molecule has 0 atom stereocenters. The highest BCUT2D eigenvalue weighted by atomic mass is 127. The molecule has 2 aromatic rings. The molecule has 120 valence electrons. The molecule has 0 saturated heterocycles. The highest BCUT2D eigenvalue weighted by Crippen LogP contribution is 2.17. The normalized spacial score (nSPS) is 13.1. The van der Waals surface area contributed by atoms with Crippen LogP contribution in [-0.2, 0) is 6.42 Å². The summed E-state index contributed by atoms with van der Waals surface area (Å²) in [6.07, 6.45) is 0.561. The van der Waals surface area contributed by atoms with Crippen LogP contribution in [-0.4, -0.2) is 10.8 Å². The van der Waals surface area contributed by atoms with Gasteiger partial charge in [0.05, 0.1) is 10.6 Å². The smallest absolute Gasteiger partial charge is 0.269 e. The average molecular weight is 446 g/mol. The van der Waals surface area contributed by atoms with Gasteiger partial charge in [0.15, 0.2) is 0 Å². The maximum Gasteiger partial charge on any atom is 0.269 e. The van der Waals surface area contributed by atoms with E-state index in [9.17, 15) is 10.1 Å². The number of nitrogens with one attached hydrogen (secondary N) is 2. The van der Waals surface area contributed by atoms with Crippen molar-refractivity contribution in [3.05, 3.63) is 67.8 Å². The van der Waals surface area contributed by atoms with Gasteiger partial charge < -0.3 is 0 Å². The Balaban J connectivity index is 0.00000192. The van der Waals surface area contributed by atoms with Crippen LogP contribution in [0, 0.1) is 13.7 Å². The first kappa shape index (κ1) is 17.4. The lowest BCUT2D eigenvalue weighted by molar-refractivity contribution is -0.384. The maximum atomic E-state index is 10.6. The fourth-order valence-electron chi connectivity index (χ4n) is 2.00. The molecule has 9 heteroatoms. The second kappa shape index (κ2) is 7.57. The first-order valence-corrected chi connectivity index (χ1v) is 7.58. The Morgan fingerprint density at radius 3 is 2.39 bits per heavy atom. The Hall–Kier alpha value is -1.91. The largest absolute Gasteiger partial charge is 0.288 e. The molecule has 2 N–H and O–H groups in total. The van der Waals surface area contributed by atoms with Gasteiger partial charge in [0.1, 0.15) is 5.84 Å². The number of amidine groups is 1. The van der Waals surface area contributed by atoms with Crippen molar-refractivity contribution in [3.8, 4) is 0 Å². The second-order valence-electron chi connectivity index (χ2n) is 4.67. The van der Waals surface area contributed by atoms with Crippen LogP contribution in [0.25, 0.3) is 0 Å². The molecule has 0 radical (unpaired) electrons. The van der Waals surface area contributed by atoms with Crippen LogP contribution in [0.4, 0.5) is 11.4 Å². The van der Waals surface area contributed by atoms with Gasteiger partial charge in [0.2, 0.25) is 0 Å². The number of hydrazine groups is 2. The zero-order valence-electron chi connectivity index (χ0n) is 11.8. The minimum absolute atomic E-state index is 0. The zero-order valence-corrected chi connectivity index (χ0v) is 14.7. The number of hydrazone groups is 1. The summed E-state index contributed by atoms with van der Waals surface area (Å²) < 4.78 is 1.16. The van der Waals surface area contributed by atoms with Gasteiger partial charge >= 0.3 is 0 Å². The molecule has 0 aliphatic carbocycles.